The third-order valence-electron chi connectivity index (χ3n) is 4.68. The highest BCUT2D eigenvalue weighted by Crippen LogP contribution is 2.43. The van der Waals surface area contributed by atoms with Gasteiger partial charge in [0.05, 0.1) is 5.41 Å². The van der Waals surface area contributed by atoms with E-state index in [2.05, 4.69) is 24.5 Å². The Hall–Kier alpha value is -2.04. The van der Waals surface area contributed by atoms with Crippen molar-refractivity contribution in [1.82, 2.24) is 10.2 Å². The van der Waals surface area contributed by atoms with Crippen molar-refractivity contribution in [2.45, 2.75) is 32.1 Å². The number of amides is 3. The normalized spacial score (nSPS) is 23.0. The van der Waals surface area contributed by atoms with Gasteiger partial charge in [0.1, 0.15) is 0 Å². The first kappa shape index (κ1) is 14.9. The van der Waals surface area contributed by atoms with Crippen LogP contribution in [0.15, 0.2) is 24.3 Å². The summed E-state index contributed by atoms with van der Waals surface area (Å²) >= 11 is 0. The van der Waals surface area contributed by atoms with Crippen LogP contribution in [0.2, 0.25) is 0 Å². The first-order valence-corrected chi connectivity index (χ1v) is 7.97. The third kappa shape index (κ3) is 2.45. The number of para-hydroxylation sites is 1. The maximum Gasteiger partial charge on any atom is 0.317 e. The minimum Gasteiger partial charge on any atom is -0.338 e. The quantitative estimate of drug-likeness (QED) is 0.900. The Morgan fingerprint density at radius 2 is 2.18 bits per heavy atom. The summed E-state index contributed by atoms with van der Waals surface area (Å²) in [5, 5.41) is 5.91. The molecule has 0 radical (unpaired) electrons. The van der Waals surface area contributed by atoms with Gasteiger partial charge in [-0.15, -0.1) is 0 Å². The predicted molar refractivity (Wildman–Crippen MR) is 85.8 cm³/mol. The second-order valence-electron chi connectivity index (χ2n) is 6.67. The second kappa shape index (κ2) is 5.63. The van der Waals surface area contributed by atoms with Crippen molar-refractivity contribution in [2.24, 2.45) is 5.92 Å². The molecule has 1 aromatic rings. The van der Waals surface area contributed by atoms with Crippen LogP contribution in [0.25, 0.3) is 0 Å². The average molecular weight is 301 g/mol. The van der Waals surface area contributed by atoms with Crippen LogP contribution >= 0.6 is 0 Å². The molecule has 2 N–H and O–H groups in total. The van der Waals surface area contributed by atoms with Crippen LogP contribution in [0.4, 0.5) is 10.5 Å². The van der Waals surface area contributed by atoms with Crippen molar-refractivity contribution in [1.29, 1.82) is 0 Å². The summed E-state index contributed by atoms with van der Waals surface area (Å²) in [5.41, 5.74) is 1.35. The summed E-state index contributed by atoms with van der Waals surface area (Å²) in [4.78, 5) is 26.5. The molecule has 118 valence electrons. The van der Waals surface area contributed by atoms with Crippen molar-refractivity contribution < 1.29 is 9.59 Å². The molecule has 2 aliphatic heterocycles. The van der Waals surface area contributed by atoms with Crippen LogP contribution < -0.4 is 10.6 Å². The molecule has 5 heteroatoms. The number of anilines is 1. The van der Waals surface area contributed by atoms with Gasteiger partial charge in [-0.3, -0.25) is 4.79 Å². The van der Waals surface area contributed by atoms with E-state index >= 15 is 0 Å². The molecule has 2 heterocycles. The van der Waals surface area contributed by atoms with Gasteiger partial charge < -0.3 is 15.5 Å². The van der Waals surface area contributed by atoms with Gasteiger partial charge in [0.25, 0.3) is 0 Å². The van der Waals surface area contributed by atoms with Crippen molar-refractivity contribution in [3.05, 3.63) is 29.8 Å². The van der Waals surface area contributed by atoms with Gasteiger partial charge in [-0.25, -0.2) is 4.79 Å². The summed E-state index contributed by atoms with van der Waals surface area (Å²) in [6.45, 7) is 6.04. The van der Waals surface area contributed by atoms with Crippen molar-refractivity contribution in [2.75, 3.05) is 25.0 Å². The number of urea groups is 1. The second-order valence-corrected chi connectivity index (χ2v) is 6.67. The van der Waals surface area contributed by atoms with Gasteiger partial charge in [0, 0.05) is 25.3 Å². The Kier molecular flexibility index (Phi) is 3.81. The molecule has 1 atom stereocenters. The monoisotopic (exact) mass is 301 g/mol. The molecule has 0 saturated carbocycles. The number of rotatable bonds is 3. The van der Waals surface area contributed by atoms with E-state index in [1.54, 1.807) is 4.90 Å². The molecule has 5 nitrogen and oxygen atoms in total. The van der Waals surface area contributed by atoms with Crippen LogP contribution in [0, 0.1) is 5.92 Å². The van der Waals surface area contributed by atoms with Gasteiger partial charge in [0.15, 0.2) is 0 Å². The van der Waals surface area contributed by atoms with Crippen molar-refractivity contribution >= 4 is 17.6 Å². The Morgan fingerprint density at radius 1 is 1.41 bits per heavy atom. The fourth-order valence-electron chi connectivity index (χ4n) is 3.34. The molecular formula is C17H23N3O2. The molecule has 3 amide bonds. The largest absolute Gasteiger partial charge is 0.338 e. The van der Waals surface area contributed by atoms with Gasteiger partial charge in [-0.2, -0.15) is 0 Å². The van der Waals surface area contributed by atoms with E-state index in [1.165, 1.54) is 0 Å². The minimum absolute atomic E-state index is 0.0196. The molecule has 0 bridgehead atoms. The van der Waals surface area contributed by atoms with Gasteiger partial charge in [-0.1, -0.05) is 32.0 Å². The molecular weight excluding hydrogens is 278 g/mol. The molecule has 22 heavy (non-hydrogen) atoms. The zero-order chi connectivity index (χ0) is 15.7. The molecule has 0 aliphatic carbocycles. The first-order valence-electron chi connectivity index (χ1n) is 7.97. The van der Waals surface area contributed by atoms with E-state index in [-0.39, 0.29) is 11.9 Å². The smallest absolute Gasteiger partial charge is 0.317 e. The lowest BCUT2D eigenvalue weighted by Crippen LogP contribution is -2.43. The van der Waals surface area contributed by atoms with Gasteiger partial charge in [-0.05, 0) is 30.4 Å². The lowest BCUT2D eigenvalue weighted by atomic mass is 9.81. The average Bonchev–Trinajstić information content (AvgIpc) is 3.04. The standard InChI is InChI=1S/C17H23N3O2/c1-12(2)7-9-18-16(22)20-10-8-17(11-20)13-5-3-4-6-14(13)19-15(17)21/h3-6,12H,7-11H2,1-2H3,(H,18,22)(H,19,21). The number of likely N-dealkylation sites (tertiary alicyclic amines) is 1. The Labute approximate surface area is 131 Å². The van der Waals surface area contributed by atoms with E-state index in [4.69, 9.17) is 0 Å². The molecule has 1 fully saturated rings. The van der Waals surface area contributed by atoms with E-state index in [0.717, 1.165) is 17.7 Å². The molecule has 1 saturated heterocycles. The highest BCUT2D eigenvalue weighted by atomic mass is 16.2. The van der Waals surface area contributed by atoms with Crippen LogP contribution in [-0.4, -0.2) is 36.5 Å². The first-order chi connectivity index (χ1) is 10.5. The molecule has 1 spiro atoms. The highest BCUT2D eigenvalue weighted by Gasteiger charge is 2.51. The number of carbonyl (C=O) groups excluding carboxylic acids is 2. The zero-order valence-corrected chi connectivity index (χ0v) is 13.2. The number of nitrogens with zero attached hydrogens (tertiary/aromatic N) is 1. The van der Waals surface area contributed by atoms with E-state index in [9.17, 15) is 9.59 Å². The van der Waals surface area contributed by atoms with Crippen molar-refractivity contribution in [3.8, 4) is 0 Å². The lowest BCUT2D eigenvalue weighted by molar-refractivity contribution is -0.120. The molecule has 0 aromatic heterocycles. The number of nitrogens with one attached hydrogen (secondary N) is 2. The van der Waals surface area contributed by atoms with Gasteiger partial charge >= 0.3 is 6.03 Å². The van der Waals surface area contributed by atoms with Crippen LogP contribution in [0.3, 0.4) is 0 Å². The number of benzene rings is 1. The lowest BCUT2D eigenvalue weighted by Gasteiger charge is -2.23. The summed E-state index contributed by atoms with van der Waals surface area (Å²) in [7, 11) is 0. The Balaban J connectivity index is 1.69. The topological polar surface area (TPSA) is 61.4 Å². The summed E-state index contributed by atoms with van der Waals surface area (Å²) < 4.78 is 0. The van der Waals surface area contributed by atoms with Gasteiger partial charge in [0.2, 0.25) is 5.91 Å². The van der Waals surface area contributed by atoms with Crippen LogP contribution in [-0.2, 0) is 10.2 Å². The molecule has 1 aromatic carbocycles. The maximum absolute atomic E-state index is 12.5. The number of hydrogen-bond acceptors (Lipinski definition) is 2. The zero-order valence-electron chi connectivity index (χ0n) is 13.2. The fraction of sp³-hybridized carbons (Fsp3) is 0.529. The summed E-state index contributed by atoms with van der Waals surface area (Å²) in [6, 6.07) is 7.73. The summed E-state index contributed by atoms with van der Waals surface area (Å²) in [5.74, 6) is 0.587. The Bertz CT molecular complexity index is 599. The summed E-state index contributed by atoms with van der Waals surface area (Å²) in [6.07, 6.45) is 1.65. The van der Waals surface area contributed by atoms with E-state index in [0.29, 0.717) is 32.0 Å². The van der Waals surface area contributed by atoms with E-state index in [1.807, 2.05) is 24.3 Å². The Morgan fingerprint density at radius 3 is 2.95 bits per heavy atom. The maximum atomic E-state index is 12.5. The SMILES string of the molecule is CC(C)CCNC(=O)N1CCC2(C1)C(=O)Nc1ccccc12. The predicted octanol–water partition coefficient (Wildman–Crippen LogP) is 2.34. The van der Waals surface area contributed by atoms with E-state index < -0.39 is 5.41 Å². The molecule has 3 rings (SSSR count). The molecule has 2 aliphatic rings. The number of hydrogen-bond donors (Lipinski definition) is 2. The van der Waals surface area contributed by atoms with Crippen LogP contribution in [0.5, 0.6) is 0 Å². The number of fused-ring (bicyclic) bond motifs is 2. The molecule has 1 unspecified atom stereocenters. The minimum atomic E-state index is -0.564. The third-order valence-corrected chi connectivity index (χ3v) is 4.68. The van der Waals surface area contributed by atoms with Crippen molar-refractivity contribution in [3.63, 3.8) is 0 Å². The fourth-order valence-corrected chi connectivity index (χ4v) is 3.34. The highest BCUT2D eigenvalue weighted by molar-refractivity contribution is 6.07. The van der Waals surface area contributed by atoms with Crippen LogP contribution in [0.1, 0.15) is 32.3 Å². The number of carbonyl (C=O) groups is 2.